The van der Waals surface area contributed by atoms with Crippen LogP contribution in [0.3, 0.4) is 0 Å². The van der Waals surface area contributed by atoms with E-state index in [9.17, 15) is 4.79 Å². The number of benzene rings is 2. The van der Waals surface area contributed by atoms with Gasteiger partial charge in [-0.15, -0.1) is 0 Å². The lowest BCUT2D eigenvalue weighted by Gasteiger charge is -2.05. The maximum absolute atomic E-state index is 11.1. The zero-order valence-electron chi connectivity index (χ0n) is 16.1. The Balaban J connectivity index is 0.00000136. The zero-order chi connectivity index (χ0) is 20.4. The van der Waals surface area contributed by atoms with Crippen LogP contribution in [0.15, 0.2) is 72.0 Å². The smallest absolute Gasteiger partial charge is 0.335 e. The van der Waals surface area contributed by atoms with Gasteiger partial charge in [-0.25, -0.2) is 9.78 Å². The van der Waals surface area contributed by atoms with Gasteiger partial charge in [0.2, 0.25) is 0 Å². The highest BCUT2D eigenvalue weighted by molar-refractivity contribution is 5.89. The Morgan fingerprint density at radius 3 is 2.54 bits per heavy atom. The van der Waals surface area contributed by atoms with Gasteiger partial charge in [-0.2, -0.15) is 5.10 Å². The van der Waals surface area contributed by atoms with Crippen LogP contribution in [-0.2, 0) is 0 Å². The third kappa shape index (κ3) is 5.41. The van der Waals surface area contributed by atoms with Gasteiger partial charge in [0.1, 0.15) is 11.6 Å². The van der Waals surface area contributed by atoms with Crippen LogP contribution < -0.4 is 10.2 Å². The monoisotopic (exact) mass is 377 g/mol. The first kappa shape index (κ1) is 20.6. The Labute approximate surface area is 164 Å². The molecule has 0 aliphatic carbocycles. The van der Waals surface area contributed by atoms with Gasteiger partial charge in [-0.1, -0.05) is 38.1 Å². The Morgan fingerprint density at radius 2 is 1.86 bits per heavy atom. The van der Waals surface area contributed by atoms with Crippen LogP contribution in [-0.4, -0.2) is 29.4 Å². The van der Waals surface area contributed by atoms with Gasteiger partial charge in [0.25, 0.3) is 0 Å². The topological polar surface area (TPSA) is 83.8 Å². The molecule has 2 aromatic carbocycles. The van der Waals surface area contributed by atoms with E-state index in [1.165, 1.54) is 0 Å². The van der Waals surface area contributed by atoms with Gasteiger partial charge < -0.3 is 9.84 Å². The molecule has 2 N–H and O–H groups in total. The van der Waals surface area contributed by atoms with Gasteiger partial charge >= 0.3 is 5.97 Å². The number of nitrogens with zero attached hydrogens (tertiary/aromatic N) is 2. The number of ether oxygens (including phenoxy) is 1. The van der Waals surface area contributed by atoms with Crippen molar-refractivity contribution in [3.05, 3.63) is 78.0 Å². The highest BCUT2D eigenvalue weighted by atomic mass is 16.5. The van der Waals surface area contributed by atoms with Crippen LogP contribution in [0, 0.1) is 0 Å². The number of hydrazone groups is 1. The zero-order valence-corrected chi connectivity index (χ0v) is 16.1. The summed E-state index contributed by atoms with van der Waals surface area (Å²) in [6, 6.07) is 17.9. The van der Waals surface area contributed by atoms with E-state index in [0.29, 0.717) is 5.82 Å². The van der Waals surface area contributed by atoms with Crippen molar-refractivity contribution in [3.63, 3.8) is 0 Å². The van der Waals surface area contributed by atoms with Gasteiger partial charge in [-0.05, 0) is 42.0 Å². The highest BCUT2D eigenvalue weighted by Crippen LogP contribution is 2.21. The predicted molar refractivity (Wildman–Crippen MR) is 112 cm³/mol. The fraction of sp³-hybridized carbons (Fsp3) is 0.136. The molecule has 0 bridgehead atoms. The number of hydrogen-bond donors (Lipinski definition) is 2. The SMILES string of the molecule is CC.COc1ccccc1/C=N/Nc1ccc(-c2cccc(C(=O)O)c2)cn1. The van der Waals surface area contributed by atoms with Crippen molar-refractivity contribution in [1.82, 2.24) is 4.98 Å². The normalized spacial score (nSPS) is 10.1. The predicted octanol–water partition coefficient (Wildman–Crippen LogP) is 4.93. The summed E-state index contributed by atoms with van der Waals surface area (Å²) in [7, 11) is 1.61. The second-order valence-electron chi connectivity index (χ2n) is 5.43. The summed E-state index contributed by atoms with van der Waals surface area (Å²) in [5, 5.41) is 13.2. The number of nitrogens with one attached hydrogen (secondary N) is 1. The lowest BCUT2D eigenvalue weighted by Crippen LogP contribution is -1.97. The molecular weight excluding hydrogens is 354 g/mol. The first-order valence-corrected chi connectivity index (χ1v) is 8.89. The van der Waals surface area contributed by atoms with Gasteiger partial charge in [-0.3, -0.25) is 5.43 Å². The molecule has 3 rings (SSSR count). The maximum atomic E-state index is 11.1. The molecule has 144 valence electrons. The summed E-state index contributed by atoms with van der Waals surface area (Å²) in [4.78, 5) is 15.4. The van der Waals surface area contributed by atoms with Crippen LogP contribution >= 0.6 is 0 Å². The van der Waals surface area contributed by atoms with Crippen molar-refractivity contribution in [1.29, 1.82) is 0 Å². The standard InChI is InChI=1S/C20H17N3O3.C2H6/c1-26-18-8-3-2-5-17(18)13-22-23-19-10-9-16(12-21-19)14-6-4-7-15(11-14)20(24)25;1-2/h2-13H,1H3,(H,21,23)(H,24,25);1-2H3/b22-13+;. The van der Waals surface area contributed by atoms with E-state index >= 15 is 0 Å². The molecule has 0 spiro atoms. The fourth-order valence-electron chi connectivity index (χ4n) is 2.40. The summed E-state index contributed by atoms with van der Waals surface area (Å²) in [6.07, 6.45) is 3.33. The third-order valence-electron chi connectivity index (χ3n) is 3.73. The number of aromatic carboxylic acids is 1. The van der Waals surface area contributed by atoms with Crippen molar-refractivity contribution in [2.75, 3.05) is 12.5 Å². The molecular formula is C22H23N3O3. The molecule has 3 aromatic rings. The molecule has 0 radical (unpaired) electrons. The number of methoxy groups -OCH3 is 1. The van der Waals surface area contributed by atoms with E-state index in [1.807, 2.05) is 50.2 Å². The summed E-state index contributed by atoms with van der Waals surface area (Å²) in [5.74, 6) is 0.359. The van der Waals surface area contributed by atoms with E-state index in [-0.39, 0.29) is 5.56 Å². The van der Waals surface area contributed by atoms with E-state index in [4.69, 9.17) is 9.84 Å². The second-order valence-corrected chi connectivity index (χ2v) is 5.43. The Bertz CT molecular complexity index is 938. The average molecular weight is 377 g/mol. The third-order valence-corrected chi connectivity index (χ3v) is 3.73. The van der Waals surface area contributed by atoms with E-state index < -0.39 is 5.97 Å². The van der Waals surface area contributed by atoms with Crippen LogP contribution in [0.1, 0.15) is 29.8 Å². The Morgan fingerprint density at radius 1 is 1.07 bits per heavy atom. The maximum Gasteiger partial charge on any atom is 0.335 e. The number of carboxylic acid groups (broad SMARTS) is 1. The number of hydrogen-bond acceptors (Lipinski definition) is 5. The number of para-hydroxylation sites is 1. The van der Waals surface area contributed by atoms with Crippen molar-refractivity contribution < 1.29 is 14.6 Å². The summed E-state index contributed by atoms with van der Waals surface area (Å²) in [6.45, 7) is 4.00. The number of carbonyl (C=O) groups is 1. The molecule has 6 heteroatoms. The number of aromatic nitrogens is 1. The molecule has 28 heavy (non-hydrogen) atoms. The van der Waals surface area contributed by atoms with Crippen molar-refractivity contribution >= 4 is 18.0 Å². The summed E-state index contributed by atoms with van der Waals surface area (Å²) in [5.41, 5.74) is 5.57. The molecule has 0 amide bonds. The summed E-state index contributed by atoms with van der Waals surface area (Å²) >= 11 is 0. The largest absolute Gasteiger partial charge is 0.496 e. The second kappa shape index (κ2) is 10.5. The van der Waals surface area contributed by atoms with Gasteiger partial charge in [0, 0.05) is 17.3 Å². The Hall–Kier alpha value is -3.67. The number of anilines is 1. The fourth-order valence-corrected chi connectivity index (χ4v) is 2.40. The molecule has 1 aromatic heterocycles. The van der Waals surface area contributed by atoms with Gasteiger partial charge in [0.15, 0.2) is 0 Å². The van der Waals surface area contributed by atoms with Gasteiger partial charge in [0.05, 0.1) is 18.9 Å². The first-order valence-electron chi connectivity index (χ1n) is 8.89. The molecule has 0 unspecified atom stereocenters. The van der Waals surface area contributed by atoms with Crippen molar-refractivity contribution in [2.24, 2.45) is 5.10 Å². The summed E-state index contributed by atoms with van der Waals surface area (Å²) < 4.78 is 5.26. The highest BCUT2D eigenvalue weighted by Gasteiger charge is 2.05. The quantitative estimate of drug-likeness (QED) is 0.470. The average Bonchev–Trinajstić information content (AvgIpc) is 2.76. The molecule has 0 fully saturated rings. The van der Waals surface area contributed by atoms with Crippen LogP contribution in [0.5, 0.6) is 5.75 Å². The van der Waals surface area contributed by atoms with E-state index in [1.54, 1.807) is 43.8 Å². The minimum atomic E-state index is -0.955. The van der Waals surface area contributed by atoms with Crippen molar-refractivity contribution in [2.45, 2.75) is 13.8 Å². The molecule has 0 aliphatic heterocycles. The van der Waals surface area contributed by atoms with Crippen LogP contribution in [0.2, 0.25) is 0 Å². The minimum Gasteiger partial charge on any atom is -0.496 e. The van der Waals surface area contributed by atoms with E-state index in [2.05, 4.69) is 15.5 Å². The first-order chi connectivity index (χ1) is 13.7. The van der Waals surface area contributed by atoms with Crippen LogP contribution in [0.4, 0.5) is 5.82 Å². The number of pyridine rings is 1. The molecule has 6 nitrogen and oxygen atoms in total. The van der Waals surface area contributed by atoms with Crippen LogP contribution in [0.25, 0.3) is 11.1 Å². The molecule has 0 saturated carbocycles. The lowest BCUT2D eigenvalue weighted by molar-refractivity contribution is 0.0697. The van der Waals surface area contributed by atoms with Crippen molar-refractivity contribution in [3.8, 4) is 16.9 Å². The molecule has 0 atom stereocenters. The Kier molecular flexibility index (Phi) is 7.72. The molecule has 0 aliphatic rings. The number of carboxylic acids is 1. The minimum absolute atomic E-state index is 0.242. The lowest BCUT2D eigenvalue weighted by atomic mass is 10.0. The number of rotatable bonds is 6. The molecule has 1 heterocycles. The molecule has 0 saturated heterocycles. The van der Waals surface area contributed by atoms with E-state index in [0.717, 1.165) is 22.4 Å².